The van der Waals surface area contributed by atoms with E-state index in [-0.39, 0.29) is 18.7 Å². The summed E-state index contributed by atoms with van der Waals surface area (Å²) in [4.78, 5) is 3.82. The molecule has 1 N–H and O–H groups in total. The summed E-state index contributed by atoms with van der Waals surface area (Å²) in [7, 11) is 0. The Hall–Kier alpha value is -3.50. The number of hydrogen-bond acceptors (Lipinski definition) is 6. The Bertz CT molecular complexity index is 1200. The standard InChI is InChI=1S/C22H19F3N4O3/c1-14(31-10-18-9-21(28-32-18)15-3-2-4-16(23)7-15)22(30,11-29-13-26-12-27-29)19-6-5-17(24)8-20(19)25/h2-9,12-14,30H,10-11H2,1H3/t14-,22-/m1/s1. The van der Waals surface area contributed by atoms with Crippen LogP contribution in [0.3, 0.4) is 0 Å². The van der Waals surface area contributed by atoms with Crippen molar-refractivity contribution in [1.29, 1.82) is 0 Å². The maximum Gasteiger partial charge on any atom is 0.163 e. The largest absolute Gasteiger partial charge is 0.380 e. The van der Waals surface area contributed by atoms with E-state index in [9.17, 15) is 18.3 Å². The van der Waals surface area contributed by atoms with E-state index in [1.54, 1.807) is 25.1 Å². The highest BCUT2D eigenvalue weighted by molar-refractivity contribution is 5.58. The zero-order valence-electron chi connectivity index (χ0n) is 17.0. The molecule has 4 aromatic rings. The van der Waals surface area contributed by atoms with Gasteiger partial charge in [-0.2, -0.15) is 5.10 Å². The monoisotopic (exact) mass is 444 g/mol. The van der Waals surface area contributed by atoms with Crippen molar-refractivity contribution in [2.45, 2.75) is 31.8 Å². The molecule has 2 aromatic heterocycles. The Morgan fingerprint density at radius 1 is 1.12 bits per heavy atom. The van der Waals surface area contributed by atoms with Crippen LogP contribution in [0, 0.1) is 17.5 Å². The van der Waals surface area contributed by atoms with Crippen LogP contribution in [-0.4, -0.2) is 31.1 Å². The Labute approximate surface area is 181 Å². The zero-order chi connectivity index (χ0) is 22.7. The molecule has 0 radical (unpaired) electrons. The molecule has 0 fully saturated rings. The number of nitrogens with zero attached hydrogens (tertiary/aromatic N) is 4. The molecule has 0 bridgehead atoms. The van der Waals surface area contributed by atoms with Crippen LogP contribution in [0.1, 0.15) is 18.2 Å². The third kappa shape index (κ3) is 4.56. The number of aromatic nitrogens is 4. The highest BCUT2D eigenvalue weighted by Crippen LogP contribution is 2.32. The van der Waals surface area contributed by atoms with Crippen LogP contribution in [0.25, 0.3) is 11.3 Å². The van der Waals surface area contributed by atoms with Crippen LogP contribution >= 0.6 is 0 Å². The van der Waals surface area contributed by atoms with Crippen LogP contribution < -0.4 is 0 Å². The molecule has 2 aromatic carbocycles. The highest BCUT2D eigenvalue weighted by Gasteiger charge is 2.40. The van der Waals surface area contributed by atoms with E-state index in [2.05, 4.69) is 15.2 Å². The van der Waals surface area contributed by atoms with Crippen molar-refractivity contribution in [3.05, 3.63) is 90.0 Å². The summed E-state index contributed by atoms with van der Waals surface area (Å²) < 4.78 is 53.8. The first-order chi connectivity index (χ1) is 15.3. The summed E-state index contributed by atoms with van der Waals surface area (Å²) in [5.41, 5.74) is -1.11. The molecule has 0 amide bonds. The Kier molecular flexibility index (Phi) is 6.06. The summed E-state index contributed by atoms with van der Waals surface area (Å²) in [5.74, 6) is -1.78. The van der Waals surface area contributed by atoms with E-state index in [1.165, 1.54) is 29.5 Å². The minimum atomic E-state index is -1.91. The molecule has 0 spiro atoms. The summed E-state index contributed by atoms with van der Waals surface area (Å²) in [6.45, 7) is 1.25. The molecular formula is C22H19F3N4O3. The summed E-state index contributed by atoms with van der Waals surface area (Å²) >= 11 is 0. The molecule has 0 aliphatic carbocycles. The fraction of sp³-hybridized carbons (Fsp3) is 0.227. The van der Waals surface area contributed by atoms with E-state index in [0.29, 0.717) is 23.1 Å². The SMILES string of the molecule is C[C@@H](OCc1cc(-c2cccc(F)c2)no1)[C@](O)(Cn1cncn1)c1ccc(F)cc1F. The van der Waals surface area contributed by atoms with Crippen molar-refractivity contribution >= 4 is 0 Å². The van der Waals surface area contributed by atoms with Gasteiger partial charge in [-0.15, -0.1) is 0 Å². The number of aliphatic hydroxyl groups is 1. The van der Waals surface area contributed by atoms with Crippen molar-refractivity contribution in [2.75, 3.05) is 0 Å². The lowest BCUT2D eigenvalue weighted by atomic mass is 9.88. The van der Waals surface area contributed by atoms with Gasteiger partial charge in [-0.1, -0.05) is 23.4 Å². The van der Waals surface area contributed by atoms with Crippen molar-refractivity contribution in [1.82, 2.24) is 19.9 Å². The number of benzene rings is 2. The van der Waals surface area contributed by atoms with Gasteiger partial charge in [0.15, 0.2) is 5.76 Å². The number of hydrogen-bond donors (Lipinski definition) is 1. The van der Waals surface area contributed by atoms with Crippen LogP contribution in [-0.2, 0) is 23.5 Å². The summed E-state index contributed by atoms with van der Waals surface area (Å²) in [5, 5.41) is 19.3. The van der Waals surface area contributed by atoms with Crippen molar-refractivity contribution in [3.63, 3.8) is 0 Å². The number of halogens is 3. The smallest absolute Gasteiger partial charge is 0.163 e. The van der Waals surface area contributed by atoms with E-state index in [0.717, 1.165) is 12.1 Å². The van der Waals surface area contributed by atoms with Crippen molar-refractivity contribution in [2.24, 2.45) is 0 Å². The lowest BCUT2D eigenvalue weighted by molar-refractivity contribution is -0.126. The Morgan fingerprint density at radius 2 is 1.94 bits per heavy atom. The predicted octanol–water partition coefficient (Wildman–Crippen LogP) is 3.84. The Morgan fingerprint density at radius 3 is 2.66 bits per heavy atom. The molecular weight excluding hydrogens is 425 g/mol. The van der Waals surface area contributed by atoms with Gasteiger partial charge in [0.25, 0.3) is 0 Å². The van der Waals surface area contributed by atoms with Gasteiger partial charge in [-0.3, -0.25) is 0 Å². The second-order valence-corrected chi connectivity index (χ2v) is 7.28. The van der Waals surface area contributed by atoms with Crippen molar-refractivity contribution in [3.8, 4) is 11.3 Å². The first-order valence-electron chi connectivity index (χ1n) is 9.68. The third-order valence-electron chi connectivity index (χ3n) is 5.09. The molecule has 2 heterocycles. The maximum absolute atomic E-state index is 14.6. The first-order valence-corrected chi connectivity index (χ1v) is 9.68. The molecule has 0 aliphatic rings. The minimum Gasteiger partial charge on any atom is -0.380 e. The van der Waals surface area contributed by atoms with Gasteiger partial charge >= 0.3 is 0 Å². The molecule has 0 saturated heterocycles. The Balaban J connectivity index is 1.55. The summed E-state index contributed by atoms with van der Waals surface area (Å²) in [6, 6.07) is 10.4. The number of ether oxygens (including phenoxy) is 1. The molecule has 2 atom stereocenters. The summed E-state index contributed by atoms with van der Waals surface area (Å²) in [6.07, 6.45) is 1.66. The zero-order valence-corrected chi connectivity index (χ0v) is 17.0. The highest BCUT2D eigenvalue weighted by atomic mass is 19.1. The minimum absolute atomic E-state index is 0.105. The third-order valence-corrected chi connectivity index (χ3v) is 5.09. The van der Waals surface area contributed by atoms with Crippen LogP contribution in [0.2, 0.25) is 0 Å². The molecule has 7 nitrogen and oxygen atoms in total. The van der Waals surface area contributed by atoms with E-state index in [4.69, 9.17) is 9.26 Å². The lowest BCUT2D eigenvalue weighted by Crippen LogP contribution is -2.44. The molecule has 0 saturated carbocycles. The average Bonchev–Trinajstić information content (AvgIpc) is 3.44. The molecule has 0 aliphatic heterocycles. The first kappa shape index (κ1) is 21.7. The molecule has 10 heteroatoms. The van der Waals surface area contributed by atoms with E-state index < -0.39 is 29.2 Å². The van der Waals surface area contributed by atoms with Gasteiger partial charge in [0, 0.05) is 23.3 Å². The molecule has 4 rings (SSSR count). The van der Waals surface area contributed by atoms with Gasteiger partial charge in [0.05, 0.1) is 12.6 Å². The fourth-order valence-corrected chi connectivity index (χ4v) is 3.34. The van der Waals surface area contributed by atoms with Gasteiger partial charge < -0.3 is 14.4 Å². The van der Waals surface area contributed by atoms with E-state index in [1.807, 2.05) is 0 Å². The number of rotatable bonds is 8. The molecule has 32 heavy (non-hydrogen) atoms. The van der Waals surface area contributed by atoms with Crippen molar-refractivity contribution < 1.29 is 27.5 Å². The van der Waals surface area contributed by atoms with Gasteiger partial charge in [-0.25, -0.2) is 22.8 Å². The fourth-order valence-electron chi connectivity index (χ4n) is 3.34. The van der Waals surface area contributed by atoms with Crippen LogP contribution in [0.4, 0.5) is 13.2 Å². The normalized spacial score (nSPS) is 14.3. The van der Waals surface area contributed by atoms with Crippen LogP contribution in [0.15, 0.2) is 65.7 Å². The molecule has 166 valence electrons. The molecule has 0 unspecified atom stereocenters. The average molecular weight is 444 g/mol. The lowest BCUT2D eigenvalue weighted by Gasteiger charge is -2.34. The van der Waals surface area contributed by atoms with E-state index >= 15 is 0 Å². The second kappa shape index (κ2) is 8.93. The maximum atomic E-state index is 14.6. The van der Waals surface area contributed by atoms with Crippen LogP contribution in [0.5, 0.6) is 0 Å². The quantitative estimate of drug-likeness (QED) is 0.444. The van der Waals surface area contributed by atoms with Gasteiger partial charge in [-0.05, 0) is 25.1 Å². The van der Waals surface area contributed by atoms with Gasteiger partial charge in [0.2, 0.25) is 0 Å². The topological polar surface area (TPSA) is 86.2 Å². The second-order valence-electron chi connectivity index (χ2n) is 7.28. The predicted molar refractivity (Wildman–Crippen MR) is 106 cm³/mol. The van der Waals surface area contributed by atoms with Gasteiger partial charge in [0.1, 0.15) is 48.0 Å².